The molecule has 1 aliphatic rings. The molecule has 0 aliphatic carbocycles. The van der Waals surface area contributed by atoms with Gasteiger partial charge in [0, 0.05) is 13.2 Å². The summed E-state index contributed by atoms with van der Waals surface area (Å²) in [5, 5.41) is 3.11. The van der Waals surface area contributed by atoms with Crippen molar-refractivity contribution in [3.63, 3.8) is 0 Å². The van der Waals surface area contributed by atoms with Crippen LogP contribution in [0.1, 0.15) is 13.3 Å². The van der Waals surface area contributed by atoms with E-state index in [1.165, 1.54) is 0 Å². The Balaban J connectivity index is 2.22. The van der Waals surface area contributed by atoms with Crippen LogP contribution in [0.4, 0.5) is 0 Å². The lowest BCUT2D eigenvalue weighted by Gasteiger charge is -2.41. The fraction of sp³-hybridized carbons (Fsp3) is 1.00. The van der Waals surface area contributed by atoms with E-state index >= 15 is 0 Å². The minimum absolute atomic E-state index is 0.00917. The van der Waals surface area contributed by atoms with Gasteiger partial charge in [-0.3, -0.25) is 0 Å². The number of hydrogen-bond donors (Lipinski definition) is 1. The van der Waals surface area contributed by atoms with Crippen molar-refractivity contribution in [3.05, 3.63) is 0 Å². The summed E-state index contributed by atoms with van der Waals surface area (Å²) in [6, 6.07) is 0. The van der Waals surface area contributed by atoms with E-state index in [4.69, 9.17) is 9.47 Å². The van der Waals surface area contributed by atoms with Gasteiger partial charge in [-0.2, -0.15) is 0 Å². The molecule has 0 aromatic rings. The SMILES string of the molecule is CCCOC1(CNC)COC1. The van der Waals surface area contributed by atoms with Gasteiger partial charge in [-0.1, -0.05) is 6.92 Å². The molecule has 0 bridgehead atoms. The van der Waals surface area contributed by atoms with Crippen molar-refractivity contribution >= 4 is 0 Å². The molecule has 0 atom stereocenters. The molecule has 66 valence electrons. The first-order valence-corrected chi connectivity index (χ1v) is 4.19. The van der Waals surface area contributed by atoms with Gasteiger partial charge in [0.1, 0.15) is 5.60 Å². The van der Waals surface area contributed by atoms with Crippen molar-refractivity contribution in [1.29, 1.82) is 0 Å². The highest BCUT2D eigenvalue weighted by Crippen LogP contribution is 2.20. The van der Waals surface area contributed by atoms with Gasteiger partial charge in [0.25, 0.3) is 0 Å². The highest BCUT2D eigenvalue weighted by Gasteiger charge is 2.38. The van der Waals surface area contributed by atoms with Crippen molar-refractivity contribution in [3.8, 4) is 0 Å². The zero-order valence-electron chi connectivity index (χ0n) is 7.35. The Labute approximate surface area is 68.1 Å². The molecule has 0 amide bonds. The number of nitrogens with one attached hydrogen (secondary N) is 1. The first kappa shape index (κ1) is 8.97. The number of likely N-dealkylation sites (N-methyl/N-ethyl adjacent to an activating group) is 1. The number of ether oxygens (including phenoxy) is 2. The number of hydrogen-bond acceptors (Lipinski definition) is 3. The summed E-state index contributed by atoms with van der Waals surface area (Å²) in [7, 11) is 1.94. The largest absolute Gasteiger partial charge is 0.375 e. The van der Waals surface area contributed by atoms with Gasteiger partial charge in [-0.15, -0.1) is 0 Å². The van der Waals surface area contributed by atoms with Gasteiger partial charge < -0.3 is 14.8 Å². The van der Waals surface area contributed by atoms with E-state index in [1.54, 1.807) is 0 Å². The normalized spacial score (nSPS) is 21.3. The van der Waals surface area contributed by atoms with Crippen molar-refractivity contribution in [2.75, 3.05) is 33.4 Å². The molecule has 0 aromatic heterocycles. The van der Waals surface area contributed by atoms with E-state index in [2.05, 4.69) is 12.2 Å². The molecular weight excluding hydrogens is 142 g/mol. The molecule has 0 radical (unpaired) electrons. The van der Waals surface area contributed by atoms with Crippen LogP contribution >= 0.6 is 0 Å². The van der Waals surface area contributed by atoms with Crippen LogP contribution in [-0.4, -0.2) is 39.0 Å². The van der Waals surface area contributed by atoms with Crippen molar-refractivity contribution in [2.24, 2.45) is 0 Å². The maximum atomic E-state index is 5.67. The maximum absolute atomic E-state index is 5.67. The van der Waals surface area contributed by atoms with Crippen LogP contribution in [-0.2, 0) is 9.47 Å². The lowest BCUT2D eigenvalue weighted by molar-refractivity contribution is -0.205. The topological polar surface area (TPSA) is 30.5 Å². The van der Waals surface area contributed by atoms with E-state index in [0.29, 0.717) is 0 Å². The molecule has 1 N–H and O–H groups in total. The number of rotatable bonds is 5. The van der Waals surface area contributed by atoms with Crippen LogP contribution in [0.5, 0.6) is 0 Å². The summed E-state index contributed by atoms with van der Waals surface area (Å²) < 4.78 is 10.8. The van der Waals surface area contributed by atoms with Crippen molar-refractivity contribution < 1.29 is 9.47 Å². The maximum Gasteiger partial charge on any atom is 0.127 e. The van der Waals surface area contributed by atoms with Gasteiger partial charge in [0.2, 0.25) is 0 Å². The quantitative estimate of drug-likeness (QED) is 0.630. The first-order chi connectivity index (χ1) is 5.33. The van der Waals surface area contributed by atoms with Crippen LogP contribution < -0.4 is 5.32 Å². The molecule has 0 saturated carbocycles. The van der Waals surface area contributed by atoms with Gasteiger partial charge >= 0.3 is 0 Å². The van der Waals surface area contributed by atoms with Gasteiger partial charge in [0.05, 0.1) is 13.2 Å². The second-order valence-corrected chi connectivity index (χ2v) is 3.05. The van der Waals surface area contributed by atoms with Gasteiger partial charge in [-0.25, -0.2) is 0 Å². The Bertz CT molecular complexity index is 113. The Morgan fingerprint density at radius 2 is 2.27 bits per heavy atom. The predicted molar refractivity (Wildman–Crippen MR) is 43.7 cm³/mol. The van der Waals surface area contributed by atoms with E-state index < -0.39 is 0 Å². The van der Waals surface area contributed by atoms with Crippen molar-refractivity contribution in [2.45, 2.75) is 18.9 Å². The molecular formula is C8H17NO2. The van der Waals surface area contributed by atoms with Gasteiger partial charge in [0.15, 0.2) is 0 Å². The highest BCUT2D eigenvalue weighted by molar-refractivity contribution is 4.89. The molecule has 0 aromatic carbocycles. The summed E-state index contributed by atoms with van der Waals surface area (Å²) in [5.74, 6) is 0. The molecule has 1 aliphatic heterocycles. The second kappa shape index (κ2) is 4.04. The second-order valence-electron chi connectivity index (χ2n) is 3.05. The van der Waals surface area contributed by atoms with Crippen LogP contribution in [0.15, 0.2) is 0 Å². The minimum Gasteiger partial charge on any atom is -0.375 e. The minimum atomic E-state index is -0.00917. The standard InChI is InChI=1S/C8H17NO2/c1-3-4-11-8(5-9-2)6-10-7-8/h9H,3-7H2,1-2H3. The molecule has 1 fully saturated rings. The molecule has 1 rings (SSSR count). The average molecular weight is 159 g/mol. The fourth-order valence-electron chi connectivity index (χ4n) is 1.21. The third-order valence-electron chi connectivity index (χ3n) is 1.84. The molecule has 0 unspecified atom stereocenters. The molecule has 1 saturated heterocycles. The molecule has 11 heavy (non-hydrogen) atoms. The lowest BCUT2D eigenvalue weighted by Crippen LogP contribution is -2.57. The summed E-state index contributed by atoms with van der Waals surface area (Å²) in [6.07, 6.45) is 1.07. The van der Waals surface area contributed by atoms with Crippen molar-refractivity contribution in [1.82, 2.24) is 5.32 Å². The van der Waals surface area contributed by atoms with E-state index in [9.17, 15) is 0 Å². The summed E-state index contributed by atoms with van der Waals surface area (Å²) in [6.45, 7) is 5.34. The summed E-state index contributed by atoms with van der Waals surface area (Å²) in [4.78, 5) is 0. The monoisotopic (exact) mass is 159 g/mol. The molecule has 1 heterocycles. The Morgan fingerprint density at radius 1 is 1.55 bits per heavy atom. The Morgan fingerprint density at radius 3 is 2.64 bits per heavy atom. The zero-order valence-corrected chi connectivity index (χ0v) is 7.35. The van der Waals surface area contributed by atoms with Crippen LogP contribution in [0.3, 0.4) is 0 Å². The van der Waals surface area contributed by atoms with Crippen LogP contribution in [0, 0.1) is 0 Å². The summed E-state index contributed by atoms with van der Waals surface area (Å²) >= 11 is 0. The van der Waals surface area contributed by atoms with Crippen LogP contribution in [0.2, 0.25) is 0 Å². The third kappa shape index (κ3) is 2.15. The zero-order chi connectivity index (χ0) is 8.16. The van der Waals surface area contributed by atoms with E-state index in [1.807, 2.05) is 7.05 Å². The first-order valence-electron chi connectivity index (χ1n) is 4.19. The summed E-state index contributed by atoms with van der Waals surface area (Å²) in [5.41, 5.74) is -0.00917. The Hall–Kier alpha value is -0.120. The Kier molecular flexibility index (Phi) is 3.30. The van der Waals surface area contributed by atoms with Crippen LogP contribution in [0.25, 0.3) is 0 Å². The lowest BCUT2D eigenvalue weighted by atomic mass is 10.0. The smallest absolute Gasteiger partial charge is 0.127 e. The van der Waals surface area contributed by atoms with E-state index in [-0.39, 0.29) is 5.60 Å². The highest BCUT2D eigenvalue weighted by atomic mass is 16.6. The predicted octanol–water partition coefficient (Wildman–Crippen LogP) is 0.401. The van der Waals surface area contributed by atoms with Gasteiger partial charge in [-0.05, 0) is 13.5 Å². The third-order valence-corrected chi connectivity index (χ3v) is 1.84. The van der Waals surface area contributed by atoms with E-state index in [0.717, 1.165) is 32.8 Å². The molecule has 0 spiro atoms. The molecule has 3 nitrogen and oxygen atoms in total. The average Bonchev–Trinajstić information content (AvgIpc) is 1.95. The molecule has 3 heteroatoms. The fourth-order valence-corrected chi connectivity index (χ4v) is 1.21.